The first-order chi connectivity index (χ1) is 11.1. The first-order valence-corrected chi connectivity index (χ1v) is 9.06. The Hall–Kier alpha value is -2.11. The fourth-order valence-corrected chi connectivity index (χ4v) is 4.00. The number of hydrogen-bond acceptors (Lipinski definition) is 1. The second-order valence-corrected chi connectivity index (χ2v) is 7.67. The zero-order valence-corrected chi connectivity index (χ0v) is 14.7. The Morgan fingerprint density at radius 1 is 0.522 bits per heavy atom. The molecule has 0 radical (unpaired) electrons. The van der Waals surface area contributed by atoms with Crippen molar-refractivity contribution in [3.05, 3.63) is 89.5 Å². The van der Waals surface area contributed by atoms with Crippen LogP contribution in [0.1, 0.15) is 16.7 Å². The summed E-state index contributed by atoms with van der Waals surface area (Å²) in [6.07, 6.45) is 0. The van der Waals surface area contributed by atoms with Crippen LogP contribution in [0.5, 0.6) is 5.75 Å². The molecule has 0 atom stereocenters. The van der Waals surface area contributed by atoms with Crippen molar-refractivity contribution in [2.24, 2.45) is 0 Å². The monoisotopic (exact) mass is 320 g/mol. The Morgan fingerprint density at radius 3 is 1.26 bits per heavy atom. The van der Waals surface area contributed by atoms with Crippen LogP contribution >= 0.6 is 8.15 Å². The molecule has 0 spiro atoms. The van der Waals surface area contributed by atoms with E-state index in [9.17, 15) is 0 Å². The Bertz CT molecular complexity index is 713. The van der Waals surface area contributed by atoms with Crippen LogP contribution in [0.3, 0.4) is 0 Å². The van der Waals surface area contributed by atoms with Gasteiger partial charge in [-0.15, -0.1) is 0 Å². The lowest BCUT2D eigenvalue weighted by atomic mass is 10.2. The van der Waals surface area contributed by atoms with Gasteiger partial charge in [-0.1, -0.05) is 77.4 Å². The molecule has 23 heavy (non-hydrogen) atoms. The van der Waals surface area contributed by atoms with Crippen molar-refractivity contribution >= 4 is 18.8 Å². The van der Waals surface area contributed by atoms with E-state index >= 15 is 0 Å². The van der Waals surface area contributed by atoms with Crippen molar-refractivity contribution in [2.75, 3.05) is 0 Å². The van der Waals surface area contributed by atoms with Crippen LogP contribution in [0, 0.1) is 20.8 Å². The third kappa shape index (κ3) is 4.00. The van der Waals surface area contributed by atoms with E-state index in [-0.39, 0.29) is 0 Å². The predicted molar refractivity (Wildman–Crippen MR) is 100 cm³/mol. The molecule has 0 aliphatic carbocycles. The highest BCUT2D eigenvalue weighted by atomic mass is 31.1. The van der Waals surface area contributed by atoms with Gasteiger partial charge < -0.3 is 4.52 Å². The molecule has 0 aliphatic heterocycles. The molecule has 3 aromatic rings. The molecule has 0 saturated heterocycles. The summed E-state index contributed by atoms with van der Waals surface area (Å²) in [5.41, 5.74) is 3.78. The van der Waals surface area contributed by atoms with Crippen molar-refractivity contribution in [2.45, 2.75) is 20.8 Å². The molecule has 2 heteroatoms. The summed E-state index contributed by atoms with van der Waals surface area (Å²) in [6.45, 7) is 6.31. The lowest BCUT2D eigenvalue weighted by Gasteiger charge is -2.20. The van der Waals surface area contributed by atoms with E-state index in [1.807, 2.05) is 12.1 Å². The smallest absolute Gasteiger partial charge is 0.150 e. The van der Waals surface area contributed by atoms with Gasteiger partial charge >= 0.3 is 0 Å². The summed E-state index contributed by atoms with van der Waals surface area (Å²) in [7, 11) is -0.862. The summed E-state index contributed by atoms with van der Waals surface area (Å²) in [4.78, 5) is 0. The highest BCUT2D eigenvalue weighted by Crippen LogP contribution is 2.36. The zero-order chi connectivity index (χ0) is 16.2. The standard InChI is InChI=1S/C21H21OP/c1-16-4-10-19(11-5-16)22-23(20-12-6-17(2)7-13-20)21-14-8-18(3)9-15-21/h4-15H,1-3H3. The van der Waals surface area contributed by atoms with Crippen molar-refractivity contribution in [3.63, 3.8) is 0 Å². The molecule has 3 aromatic carbocycles. The molecule has 0 aliphatic rings. The van der Waals surface area contributed by atoms with E-state index < -0.39 is 8.15 Å². The van der Waals surface area contributed by atoms with Crippen LogP contribution in [0.25, 0.3) is 0 Å². The van der Waals surface area contributed by atoms with Crippen LogP contribution in [-0.4, -0.2) is 0 Å². The molecule has 3 rings (SSSR count). The third-order valence-corrected chi connectivity index (χ3v) is 5.68. The van der Waals surface area contributed by atoms with Gasteiger partial charge in [-0.05, 0) is 32.9 Å². The van der Waals surface area contributed by atoms with Gasteiger partial charge in [-0.2, -0.15) is 0 Å². The van der Waals surface area contributed by atoms with Gasteiger partial charge in [-0.25, -0.2) is 0 Å². The van der Waals surface area contributed by atoms with Crippen molar-refractivity contribution < 1.29 is 4.52 Å². The number of aryl methyl sites for hydroxylation is 3. The molecular weight excluding hydrogens is 299 g/mol. The van der Waals surface area contributed by atoms with Crippen LogP contribution in [0.2, 0.25) is 0 Å². The molecule has 0 N–H and O–H groups in total. The van der Waals surface area contributed by atoms with E-state index in [2.05, 4.69) is 81.4 Å². The van der Waals surface area contributed by atoms with E-state index in [1.165, 1.54) is 27.3 Å². The molecule has 0 amide bonds. The Kier molecular flexibility index (Phi) is 4.79. The molecule has 0 heterocycles. The minimum Gasteiger partial charge on any atom is -0.464 e. The van der Waals surface area contributed by atoms with E-state index in [0.29, 0.717) is 0 Å². The average molecular weight is 320 g/mol. The maximum Gasteiger partial charge on any atom is 0.150 e. The van der Waals surface area contributed by atoms with Gasteiger partial charge in [0.25, 0.3) is 0 Å². The fourth-order valence-electron chi connectivity index (χ4n) is 2.32. The highest BCUT2D eigenvalue weighted by Gasteiger charge is 2.17. The summed E-state index contributed by atoms with van der Waals surface area (Å²) in [6, 6.07) is 25.6. The zero-order valence-electron chi connectivity index (χ0n) is 13.8. The molecule has 0 bridgehead atoms. The Labute approximate surface area is 139 Å². The number of hydrogen-bond donors (Lipinski definition) is 0. The van der Waals surface area contributed by atoms with Crippen LogP contribution < -0.4 is 15.1 Å². The third-order valence-electron chi connectivity index (χ3n) is 3.75. The molecule has 0 unspecified atom stereocenters. The summed E-state index contributed by atoms with van der Waals surface area (Å²) in [5, 5.41) is 2.46. The van der Waals surface area contributed by atoms with Gasteiger partial charge in [0.05, 0.1) is 0 Å². The van der Waals surface area contributed by atoms with Crippen LogP contribution in [0.4, 0.5) is 0 Å². The molecule has 0 saturated carbocycles. The maximum atomic E-state index is 6.39. The fraction of sp³-hybridized carbons (Fsp3) is 0.143. The van der Waals surface area contributed by atoms with Crippen molar-refractivity contribution in [1.82, 2.24) is 0 Å². The number of benzene rings is 3. The van der Waals surface area contributed by atoms with Crippen LogP contribution in [-0.2, 0) is 0 Å². The highest BCUT2D eigenvalue weighted by molar-refractivity contribution is 7.68. The largest absolute Gasteiger partial charge is 0.464 e. The Balaban J connectivity index is 1.97. The molecule has 0 aromatic heterocycles. The average Bonchev–Trinajstić information content (AvgIpc) is 2.56. The normalized spacial score (nSPS) is 10.8. The first kappa shape index (κ1) is 15.8. The minimum absolute atomic E-state index is 0.862. The van der Waals surface area contributed by atoms with Crippen LogP contribution in [0.15, 0.2) is 72.8 Å². The van der Waals surface area contributed by atoms with E-state index in [4.69, 9.17) is 4.52 Å². The van der Waals surface area contributed by atoms with Gasteiger partial charge in [0, 0.05) is 10.6 Å². The summed E-state index contributed by atoms with van der Waals surface area (Å²) in [5.74, 6) is 0.919. The maximum absolute atomic E-state index is 6.39. The topological polar surface area (TPSA) is 9.23 Å². The Morgan fingerprint density at radius 2 is 0.870 bits per heavy atom. The van der Waals surface area contributed by atoms with Gasteiger partial charge in [0.2, 0.25) is 0 Å². The molecular formula is C21H21OP. The van der Waals surface area contributed by atoms with Crippen molar-refractivity contribution in [1.29, 1.82) is 0 Å². The summed E-state index contributed by atoms with van der Waals surface area (Å²) < 4.78 is 6.39. The van der Waals surface area contributed by atoms with Gasteiger partial charge in [-0.3, -0.25) is 0 Å². The minimum atomic E-state index is -0.862. The second-order valence-electron chi connectivity index (χ2n) is 5.87. The number of rotatable bonds is 4. The summed E-state index contributed by atoms with van der Waals surface area (Å²) >= 11 is 0. The molecule has 116 valence electrons. The van der Waals surface area contributed by atoms with E-state index in [0.717, 1.165) is 5.75 Å². The predicted octanol–water partition coefficient (Wildman–Crippen LogP) is 5.04. The lowest BCUT2D eigenvalue weighted by Crippen LogP contribution is -2.15. The lowest BCUT2D eigenvalue weighted by molar-refractivity contribution is 0.629. The van der Waals surface area contributed by atoms with E-state index in [1.54, 1.807) is 0 Å². The van der Waals surface area contributed by atoms with Gasteiger partial charge in [0.15, 0.2) is 8.15 Å². The van der Waals surface area contributed by atoms with Crippen molar-refractivity contribution in [3.8, 4) is 5.75 Å². The molecule has 0 fully saturated rings. The quantitative estimate of drug-likeness (QED) is 0.612. The first-order valence-electron chi connectivity index (χ1n) is 7.80. The molecule has 1 nitrogen and oxygen atoms in total. The SMILES string of the molecule is Cc1ccc(OP(c2ccc(C)cc2)c2ccc(C)cc2)cc1. The van der Waals surface area contributed by atoms with Gasteiger partial charge in [0.1, 0.15) is 5.75 Å². The second kappa shape index (κ2) is 6.98.